The SMILES string of the molecule is CCN(CC)C(=O)C1=C(C)N=c2s/c(=C/c3ccco3)c(=O)n2[C@@H]1c1c(OC)ccc2ccccc12. The van der Waals surface area contributed by atoms with Gasteiger partial charge in [0.05, 0.1) is 29.2 Å². The van der Waals surface area contributed by atoms with Crippen molar-refractivity contribution in [3.8, 4) is 5.75 Å². The fourth-order valence-electron chi connectivity index (χ4n) is 4.79. The largest absolute Gasteiger partial charge is 0.496 e. The number of benzene rings is 2. The van der Waals surface area contributed by atoms with Crippen molar-refractivity contribution in [2.75, 3.05) is 20.2 Å². The Hall–Kier alpha value is -3.91. The van der Waals surface area contributed by atoms with Crippen LogP contribution in [0.2, 0.25) is 0 Å². The van der Waals surface area contributed by atoms with Crippen molar-refractivity contribution in [2.45, 2.75) is 26.8 Å². The molecule has 0 N–H and O–H groups in total. The number of ether oxygens (including phenoxy) is 1. The van der Waals surface area contributed by atoms with Crippen molar-refractivity contribution in [3.63, 3.8) is 0 Å². The Balaban J connectivity index is 1.87. The van der Waals surface area contributed by atoms with Crippen LogP contribution >= 0.6 is 11.3 Å². The topological polar surface area (TPSA) is 77.0 Å². The molecule has 8 heteroatoms. The lowest BCUT2D eigenvalue weighted by molar-refractivity contribution is -0.127. The minimum absolute atomic E-state index is 0.137. The Bertz CT molecular complexity index is 1660. The van der Waals surface area contributed by atoms with E-state index in [9.17, 15) is 9.59 Å². The second-order valence-corrected chi connectivity index (χ2v) is 9.49. The van der Waals surface area contributed by atoms with Gasteiger partial charge in [-0.1, -0.05) is 41.7 Å². The van der Waals surface area contributed by atoms with E-state index in [4.69, 9.17) is 14.1 Å². The highest BCUT2D eigenvalue weighted by Crippen LogP contribution is 2.40. The van der Waals surface area contributed by atoms with Crippen LogP contribution in [0.3, 0.4) is 0 Å². The maximum atomic E-state index is 13.9. The van der Waals surface area contributed by atoms with Crippen molar-refractivity contribution in [1.29, 1.82) is 0 Å². The number of rotatable bonds is 6. The first-order valence-corrected chi connectivity index (χ1v) is 12.7. The van der Waals surface area contributed by atoms with Gasteiger partial charge in [0.15, 0.2) is 4.80 Å². The molecule has 2 aromatic heterocycles. The molecular formula is C28H27N3O4S. The van der Waals surface area contributed by atoms with Gasteiger partial charge in [0, 0.05) is 24.7 Å². The van der Waals surface area contributed by atoms with Gasteiger partial charge in [0.2, 0.25) is 0 Å². The normalized spacial score (nSPS) is 15.7. The molecule has 0 radical (unpaired) electrons. The van der Waals surface area contributed by atoms with E-state index >= 15 is 0 Å². The number of hydrogen-bond acceptors (Lipinski definition) is 6. The van der Waals surface area contributed by atoms with E-state index in [-0.39, 0.29) is 11.5 Å². The van der Waals surface area contributed by atoms with E-state index in [0.717, 1.165) is 16.3 Å². The predicted molar refractivity (Wildman–Crippen MR) is 141 cm³/mol. The highest BCUT2D eigenvalue weighted by molar-refractivity contribution is 7.07. The molecule has 0 fully saturated rings. The summed E-state index contributed by atoms with van der Waals surface area (Å²) in [5, 5.41) is 1.91. The molecule has 2 aromatic carbocycles. The van der Waals surface area contributed by atoms with Crippen LogP contribution in [0, 0.1) is 0 Å². The molecule has 184 valence electrons. The number of hydrogen-bond donors (Lipinski definition) is 0. The molecule has 7 nitrogen and oxygen atoms in total. The third kappa shape index (κ3) is 3.87. The van der Waals surface area contributed by atoms with Gasteiger partial charge in [-0.25, -0.2) is 4.99 Å². The van der Waals surface area contributed by atoms with E-state index < -0.39 is 6.04 Å². The smallest absolute Gasteiger partial charge is 0.271 e. The quantitative estimate of drug-likeness (QED) is 0.402. The average Bonchev–Trinajstić information content (AvgIpc) is 3.51. The summed E-state index contributed by atoms with van der Waals surface area (Å²) in [6.45, 7) is 6.83. The van der Waals surface area contributed by atoms with E-state index in [1.807, 2.05) is 57.2 Å². The molecule has 1 aliphatic heterocycles. The number of carbonyl (C=O) groups is 1. The number of carbonyl (C=O) groups excluding carboxylic acids is 1. The van der Waals surface area contributed by atoms with Gasteiger partial charge in [-0.2, -0.15) is 0 Å². The lowest BCUT2D eigenvalue weighted by Crippen LogP contribution is -2.43. The Morgan fingerprint density at radius 2 is 1.94 bits per heavy atom. The van der Waals surface area contributed by atoms with E-state index in [1.54, 1.807) is 41.0 Å². The molecule has 36 heavy (non-hydrogen) atoms. The Morgan fingerprint density at radius 1 is 1.17 bits per heavy atom. The van der Waals surface area contributed by atoms with Crippen molar-refractivity contribution >= 4 is 34.1 Å². The zero-order valence-corrected chi connectivity index (χ0v) is 21.5. The maximum Gasteiger partial charge on any atom is 0.271 e. The zero-order valence-electron chi connectivity index (χ0n) is 20.6. The molecular weight excluding hydrogens is 474 g/mol. The van der Waals surface area contributed by atoms with E-state index in [0.29, 0.717) is 45.2 Å². The second-order valence-electron chi connectivity index (χ2n) is 8.48. The van der Waals surface area contributed by atoms with Crippen LogP contribution in [0.15, 0.2) is 80.3 Å². The Morgan fingerprint density at radius 3 is 2.64 bits per heavy atom. The van der Waals surface area contributed by atoms with Gasteiger partial charge in [-0.15, -0.1) is 0 Å². The summed E-state index contributed by atoms with van der Waals surface area (Å²) in [4.78, 5) is 34.8. The van der Waals surface area contributed by atoms with Crippen molar-refractivity contribution in [3.05, 3.63) is 97.1 Å². The third-order valence-corrected chi connectivity index (χ3v) is 7.53. The lowest BCUT2D eigenvalue weighted by atomic mass is 9.90. The third-order valence-electron chi connectivity index (χ3n) is 6.54. The predicted octanol–water partition coefficient (Wildman–Crippen LogP) is 3.86. The van der Waals surface area contributed by atoms with Crippen LogP contribution in [0.4, 0.5) is 0 Å². The summed E-state index contributed by atoms with van der Waals surface area (Å²) in [6.07, 6.45) is 3.28. The van der Waals surface area contributed by atoms with Gasteiger partial charge in [-0.05, 0) is 49.7 Å². The molecule has 1 aliphatic rings. The van der Waals surface area contributed by atoms with Gasteiger partial charge in [0.25, 0.3) is 11.5 Å². The van der Waals surface area contributed by atoms with Crippen LogP contribution < -0.4 is 19.6 Å². The number of nitrogens with zero attached hydrogens (tertiary/aromatic N) is 3. The fourth-order valence-corrected chi connectivity index (χ4v) is 5.81. The highest BCUT2D eigenvalue weighted by Gasteiger charge is 2.36. The lowest BCUT2D eigenvalue weighted by Gasteiger charge is -2.30. The number of amides is 1. The Labute approximate surface area is 212 Å². The molecule has 1 amide bonds. The summed E-state index contributed by atoms with van der Waals surface area (Å²) in [6, 6.07) is 14.7. The average molecular weight is 502 g/mol. The molecule has 0 bridgehead atoms. The van der Waals surface area contributed by atoms with Crippen LogP contribution in [0.25, 0.3) is 16.8 Å². The molecule has 4 aromatic rings. The molecule has 0 spiro atoms. The van der Waals surface area contributed by atoms with E-state index in [1.165, 1.54) is 11.3 Å². The van der Waals surface area contributed by atoms with Crippen LogP contribution in [-0.4, -0.2) is 35.6 Å². The monoisotopic (exact) mass is 501 g/mol. The van der Waals surface area contributed by atoms with Crippen molar-refractivity contribution in [1.82, 2.24) is 9.47 Å². The number of allylic oxidation sites excluding steroid dienone is 1. The van der Waals surface area contributed by atoms with E-state index in [2.05, 4.69) is 0 Å². The maximum absolute atomic E-state index is 13.9. The molecule has 5 rings (SSSR count). The van der Waals surface area contributed by atoms with Crippen LogP contribution in [-0.2, 0) is 4.79 Å². The summed E-state index contributed by atoms with van der Waals surface area (Å²) < 4.78 is 13.4. The van der Waals surface area contributed by atoms with Crippen molar-refractivity contribution in [2.24, 2.45) is 4.99 Å². The first kappa shape index (κ1) is 23.8. The molecule has 0 aliphatic carbocycles. The number of methoxy groups -OCH3 is 1. The standard InChI is InChI=1S/C28H27N3O4S/c1-5-30(6-2)27(33)23-17(3)29-28-31(26(32)22(36-28)16-19-11-9-15-35-19)25(23)24-20-12-8-7-10-18(20)13-14-21(24)34-4/h7-16,25H,5-6H2,1-4H3/b22-16+/t25-/m0/s1. The summed E-state index contributed by atoms with van der Waals surface area (Å²) in [5.41, 5.74) is 1.61. The van der Waals surface area contributed by atoms with Gasteiger partial charge < -0.3 is 14.1 Å². The number of fused-ring (bicyclic) bond motifs is 2. The molecule has 0 saturated carbocycles. The zero-order chi connectivity index (χ0) is 25.4. The fraction of sp³-hybridized carbons (Fsp3) is 0.250. The molecule has 3 heterocycles. The van der Waals surface area contributed by atoms with Crippen LogP contribution in [0.1, 0.15) is 38.1 Å². The first-order chi connectivity index (χ1) is 17.5. The number of aromatic nitrogens is 1. The second kappa shape index (κ2) is 9.62. The Kier molecular flexibility index (Phi) is 6.36. The molecule has 1 atom stereocenters. The van der Waals surface area contributed by atoms with Gasteiger partial charge in [0.1, 0.15) is 17.6 Å². The number of thiazole rings is 1. The number of likely N-dealkylation sites (N-methyl/N-ethyl adjacent to an activating group) is 1. The summed E-state index contributed by atoms with van der Waals surface area (Å²) >= 11 is 1.28. The van der Waals surface area contributed by atoms with Gasteiger partial charge in [-0.3, -0.25) is 14.2 Å². The highest BCUT2D eigenvalue weighted by atomic mass is 32.1. The van der Waals surface area contributed by atoms with Gasteiger partial charge >= 0.3 is 0 Å². The first-order valence-electron chi connectivity index (χ1n) is 11.9. The minimum atomic E-state index is -0.700. The molecule has 0 saturated heterocycles. The number of furan rings is 1. The van der Waals surface area contributed by atoms with Crippen LogP contribution in [0.5, 0.6) is 5.75 Å². The molecule has 0 unspecified atom stereocenters. The summed E-state index contributed by atoms with van der Waals surface area (Å²) in [7, 11) is 1.61. The summed E-state index contributed by atoms with van der Waals surface area (Å²) in [5.74, 6) is 1.05. The minimum Gasteiger partial charge on any atom is -0.496 e. The van der Waals surface area contributed by atoms with Crippen molar-refractivity contribution < 1.29 is 13.9 Å².